The van der Waals surface area contributed by atoms with Gasteiger partial charge in [0.1, 0.15) is 0 Å². The van der Waals surface area contributed by atoms with Gasteiger partial charge in [0.15, 0.2) is 11.5 Å². The van der Waals surface area contributed by atoms with Gasteiger partial charge in [-0.25, -0.2) is 0 Å². The van der Waals surface area contributed by atoms with Crippen LogP contribution in [0.5, 0.6) is 11.5 Å². The molecule has 0 spiro atoms. The first kappa shape index (κ1) is 15.6. The maximum Gasteiger partial charge on any atom is 0.161 e. The summed E-state index contributed by atoms with van der Waals surface area (Å²) in [6.07, 6.45) is 9.45. The molecule has 2 heteroatoms. The molecule has 1 aromatic carbocycles. The fraction of sp³-hybridized carbons (Fsp3) is 0.529. The number of methoxy groups -OCH3 is 1. The van der Waals surface area contributed by atoms with Gasteiger partial charge in [0.2, 0.25) is 0 Å². The van der Waals surface area contributed by atoms with Crippen molar-refractivity contribution in [3.8, 4) is 11.5 Å². The molecule has 0 atom stereocenters. The number of benzene rings is 1. The third-order valence-electron chi connectivity index (χ3n) is 3.18. The molecule has 2 nitrogen and oxygen atoms in total. The molecule has 106 valence electrons. The summed E-state index contributed by atoms with van der Waals surface area (Å²) >= 11 is 0. The SMILES string of the molecule is C=Cc1ccc(OCCCCCCCC)c(OC)c1. The molecular weight excluding hydrogens is 236 g/mol. The smallest absolute Gasteiger partial charge is 0.161 e. The molecule has 0 amide bonds. The van der Waals surface area contributed by atoms with Crippen molar-refractivity contribution < 1.29 is 9.47 Å². The second-order valence-corrected chi connectivity index (χ2v) is 4.73. The highest BCUT2D eigenvalue weighted by molar-refractivity contribution is 5.54. The zero-order valence-electron chi connectivity index (χ0n) is 12.3. The molecule has 0 fully saturated rings. The van der Waals surface area contributed by atoms with Gasteiger partial charge in [0.25, 0.3) is 0 Å². The van der Waals surface area contributed by atoms with Gasteiger partial charge in [-0.15, -0.1) is 0 Å². The van der Waals surface area contributed by atoms with Crippen LogP contribution in [0.2, 0.25) is 0 Å². The van der Waals surface area contributed by atoms with E-state index in [1.54, 1.807) is 13.2 Å². The lowest BCUT2D eigenvalue weighted by molar-refractivity contribution is 0.284. The van der Waals surface area contributed by atoms with E-state index in [9.17, 15) is 0 Å². The van der Waals surface area contributed by atoms with Crippen molar-refractivity contribution in [1.82, 2.24) is 0 Å². The molecule has 0 saturated carbocycles. The van der Waals surface area contributed by atoms with Gasteiger partial charge in [-0.3, -0.25) is 0 Å². The van der Waals surface area contributed by atoms with Crippen LogP contribution >= 0.6 is 0 Å². The second-order valence-electron chi connectivity index (χ2n) is 4.73. The van der Waals surface area contributed by atoms with Gasteiger partial charge in [-0.1, -0.05) is 57.7 Å². The van der Waals surface area contributed by atoms with Gasteiger partial charge >= 0.3 is 0 Å². The molecule has 0 radical (unpaired) electrons. The van der Waals surface area contributed by atoms with E-state index in [1.165, 1.54) is 32.1 Å². The molecule has 0 N–H and O–H groups in total. The lowest BCUT2D eigenvalue weighted by Crippen LogP contribution is -1.99. The van der Waals surface area contributed by atoms with Crippen LogP contribution in [0.25, 0.3) is 6.08 Å². The molecule has 1 aromatic rings. The topological polar surface area (TPSA) is 18.5 Å². The minimum Gasteiger partial charge on any atom is -0.493 e. The fourth-order valence-corrected chi connectivity index (χ4v) is 1.99. The van der Waals surface area contributed by atoms with E-state index in [0.29, 0.717) is 0 Å². The Morgan fingerprint density at radius 1 is 1.05 bits per heavy atom. The monoisotopic (exact) mass is 262 g/mol. The van der Waals surface area contributed by atoms with E-state index in [-0.39, 0.29) is 0 Å². The standard InChI is InChI=1S/C17H26O2/c1-4-6-7-8-9-10-13-19-16-12-11-15(5-2)14-17(16)18-3/h5,11-12,14H,2,4,6-10,13H2,1,3H3. The third kappa shape index (κ3) is 5.82. The molecule has 0 aromatic heterocycles. The summed E-state index contributed by atoms with van der Waals surface area (Å²) in [4.78, 5) is 0. The van der Waals surface area contributed by atoms with Crippen LogP contribution in [0.3, 0.4) is 0 Å². The van der Waals surface area contributed by atoms with Gasteiger partial charge < -0.3 is 9.47 Å². The Bertz CT molecular complexity index is 372. The number of hydrogen-bond acceptors (Lipinski definition) is 2. The highest BCUT2D eigenvalue weighted by atomic mass is 16.5. The summed E-state index contributed by atoms with van der Waals surface area (Å²) in [6.45, 7) is 6.75. The highest BCUT2D eigenvalue weighted by Gasteiger charge is 2.04. The summed E-state index contributed by atoms with van der Waals surface area (Å²) < 4.78 is 11.1. The maximum atomic E-state index is 5.77. The van der Waals surface area contributed by atoms with Crippen molar-refractivity contribution in [1.29, 1.82) is 0 Å². The minimum atomic E-state index is 0.760. The van der Waals surface area contributed by atoms with Crippen LogP contribution < -0.4 is 9.47 Å². The first-order valence-corrected chi connectivity index (χ1v) is 7.25. The van der Waals surface area contributed by atoms with Crippen molar-refractivity contribution in [3.63, 3.8) is 0 Å². The van der Waals surface area contributed by atoms with E-state index >= 15 is 0 Å². The lowest BCUT2D eigenvalue weighted by atomic mass is 10.1. The first-order chi connectivity index (χ1) is 9.31. The Balaban J connectivity index is 2.30. The van der Waals surface area contributed by atoms with Gasteiger partial charge in [0.05, 0.1) is 13.7 Å². The molecule has 0 aliphatic rings. The molecule has 19 heavy (non-hydrogen) atoms. The minimum absolute atomic E-state index is 0.760. The van der Waals surface area contributed by atoms with Crippen molar-refractivity contribution in [2.75, 3.05) is 13.7 Å². The number of unbranched alkanes of at least 4 members (excludes halogenated alkanes) is 5. The van der Waals surface area contributed by atoms with Crippen LogP contribution in [0.15, 0.2) is 24.8 Å². The summed E-state index contributed by atoms with van der Waals surface area (Å²) in [5.74, 6) is 1.60. The Morgan fingerprint density at radius 2 is 1.79 bits per heavy atom. The van der Waals surface area contributed by atoms with Crippen LogP contribution in [0, 0.1) is 0 Å². The Morgan fingerprint density at radius 3 is 2.47 bits per heavy atom. The van der Waals surface area contributed by atoms with Gasteiger partial charge in [-0.2, -0.15) is 0 Å². The summed E-state index contributed by atoms with van der Waals surface area (Å²) in [5.41, 5.74) is 1.05. The van der Waals surface area contributed by atoms with E-state index in [4.69, 9.17) is 9.47 Å². The van der Waals surface area contributed by atoms with Gasteiger partial charge in [-0.05, 0) is 24.1 Å². The van der Waals surface area contributed by atoms with Crippen molar-refractivity contribution in [2.45, 2.75) is 45.4 Å². The quantitative estimate of drug-likeness (QED) is 0.548. The average molecular weight is 262 g/mol. The van der Waals surface area contributed by atoms with Crippen LogP contribution in [-0.4, -0.2) is 13.7 Å². The van der Waals surface area contributed by atoms with E-state index < -0.39 is 0 Å². The molecule has 0 aliphatic carbocycles. The molecule has 0 heterocycles. The number of hydrogen-bond donors (Lipinski definition) is 0. The molecule has 0 aliphatic heterocycles. The largest absolute Gasteiger partial charge is 0.493 e. The number of rotatable bonds is 10. The zero-order chi connectivity index (χ0) is 13.9. The zero-order valence-corrected chi connectivity index (χ0v) is 12.3. The van der Waals surface area contributed by atoms with E-state index in [2.05, 4.69) is 13.5 Å². The van der Waals surface area contributed by atoms with Crippen LogP contribution in [0.4, 0.5) is 0 Å². The predicted octanol–water partition coefficient (Wildman–Crippen LogP) is 5.08. The summed E-state index contributed by atoms with van der Waals surface area (Å²) in [7, 11) is 1.67. The van der Waals surface area contributed by atoms with Crippen molar-refractivity contribution >= 4 is 6.08 Å². The fourth-order valence-electron chi connectivity index (χ4n) is 1.99. The van der Waals surface area contributed by atoms with Crippen molar-refractivity contribution in [3.05, 3.63) is 30.3 Å². The second kappa shape index (κ2) is 9.48. The molecular formula is C17H26O2. The summed E-state index contributed by atoms with van der Waals surface area (Å²) in [6, 6.07) is 5.89. The molecule has 0 saturated heterocycles. The Hall–Kier alpha value is -1.44. The number of ether oxygens (including phenoxy) is 2. The van der Waals surface area contributed by atoms with Gasteiger partial charge in [0, 0.05) is 0 Å². The normalized spacial score (nSPS) is 10.2. The molecule has 1 rings (SSSR count). The maximum absolute atomic E-state index is 5.77. The Kier molecular flexibility index (Phi) is 7.80. The summed E-state index contributed by atoms with van der Waals surface area (Å²) in [5, 5.41) is 0. The highest BCUT2D eigenvalue weighted by Crippen LogP contribution is 2.28. The predicted molar refractivity (Wildman–Crippen MR) is 82.0 cm³/mol. The Labute approximate surface area is 117 Å². The first-order valence-electron chi connectivity index (χ1n) is 7.25. The molecule has 0 unspecified atom stereocenters. The van der Waals surface area contributed by atoms with Crippen LogP contribution in [0.1, 0.15) is 51.0 Å². The van der Waals surface area contributed by atoms with Crippen molar-refractivity contribution in [2.24, 2.45) is 0 Å². The lowest BCUT2D eigenvalue weighted by Gasteiger charge is -2.11. The molecule has 0 bridgehead atoms. The average Bonchev–Trinajstić information content (AvgIpc) is 2.46. The van der Waals surface area contributed by atoms with Crippen LogP contribution in [-0.2, 0) is 0 Å². The van der Waals surface area contributed by atoms with E-state index in [0.717, 1.165) is 30.1 Å². The third-order valence-corrected chi connectivity index (χ3v) is 3.18. The van der Waals surface area contributed by atoms with E-state index in [1.807, 2.05) is 18.2 Å².